The lowest BCUT2D eigenvalue weighted by Crippen LogP contribution is -1.94. The van der Waals surface area contributed by atoms with E-state index in [1.54, 1.807) is 97.1 Å². The minimum absolute atomic E-state index is 0.00873. The quantitative estimate of drug-likeness (QED) is 0.0904. The van der Waals surface area contributed by atoms with Gasteiger partial charge in [0.2, 0.25) is 0 Å². The molecule has 0 aliphatic carbocycles. The number of halogens is 4. The van der Waals surface area contributed by atoms with E-state index < -0.39 is 5.82 Å². The van der Waals surface area contributed by atoms with Crippen LogP contribution in [0, 0.1) is 5.82 Å². The minimum atomic E-state index is -0.399. The normalized spacial score (nSPS) is 10.6. The van der Waals surface area contributed by atoms with Crippen molar-refractivity contribution in [3.63, 3.8) is 0 Å². The molecule has 0 aromatic heterocycles. The predicted molar refractivity (Wildman–Crippen MR) is 280 cm³/mol. The van der Waals surface area contributed by atoms with Gasteiger partial charge in [-0.05, 0) is 95.1 Å². The molecule has 0 N–H and O–H groups in total. The Morgan fingerprint density at radius 1 is 0.338 bits per heavy atom. The number of allylic oxidation sites excluding steroid dienone is 4. The molecule has 0 unspecified atom stereocenters. The van der Waals surface area contributed by atoms with E-state index in [-0.39, 0.29) is 23.1 Å². The van der Waals surface area contributed by atoms with Crippen LogP contribution < -0.4 is 0 Å². The van der Waals surface area contributed by atoms with Crippen LogP contribution in [-0.2, 0) is 0 Å². The van der Waals surface area contributed by atoms with Crippen LogP contribution in [0.25, 0.3) is 24.3 Å². The Kier molecular flexibility index (Phi) is 21.3. The Balaban J connectivity index is 0.000000169. The summed E-state index contributed by atoms with van der Waals surface area (Å²) in [6.07, 6.45) is 13.1. The van der Waals surface area contributed by atoms with E-state index in [1.807, 2.05) is 133 Å². The van der Waals surface area contributed by atoms with Gasteiger partial charge < -0.3 is 0 Å². The van der Waals surface area contributed by atoms with Crippen LogP contribution in [0.15, 0.2) is 243 Å². The van der Waals surface area contributed by atoms with E-state index in [0.717, 1.165) is 22.3 Å². The fraction of sp³-hybridized carbons (Fsp3) is 0. The number of carbonyl (C=O) groups is 4. The van der Waals surface area contributed by atoms with E-state index in [4.69, 9.17) is 34.8 Å². The molecule has 0 radical (unpaired) electrons. The Bertz CT molecular complexity index is 3000. The molecule has 0 aliphatic rings. The molecule has 0 atom stereocenters. The third-order valence-electron chi connectivity index (χ3n) is 9.41. The molecule has 8 heteroatoms. The topological polar surface area (TPSA) is 68.3 Å². The second kappa shape index (κ2) is 28.3. The molecule has 0 amide bonds. The van der Waals surface area contributed by atoms with Crippen LogP contribution in [0.4, 0.5) is 4.39 Å². The molecule has 0 spiro atoms. The SMILES string of the molecule is O=C(/C=C/c1cccc(Cl)c1)c1ccccc1.O=C(/C=C/c1ccccc1)c1cccc(F)c1.O=C(/C=C/c1ccccc1)c1ccccc1Cl.O=C(/C=C/c1ccccc1Cl)c1ccccc1. The molecule has 0 heterocycles. The average Bonchev–Trinajstić information content (AvgIpc) is 3.38. The molecular weight excluding hydrogens is 910 g/mol. The largest absolute Gasteiger partial charge is 0.289 e. The van der Waals surface area contributed by atoms with Gasteiger partial charge in [0.1, 0.15) is 5.82 Å². The summed E-state index contributed by atoms with van der Waals surface area (Å²) in [5, 5.41) is 1.79. The molecule has 336 valence electrons. The van der Waals surface area contributed by atoms with Crippen molar-refractivity contribution in [3.8, 4) is 0 Å². The summed E-state index contributed by atoms with van der Waals surface area (Å²) in [5.41, 5.74) is 5.95. The molecule has 8 rings (SSSR count). The molecule has 0 aliphatic heterocycles. The number of benzene rings is 8. The first kappa shape index (κ1) is 51.2. The van der Waals surface area contributed by atoms with Crippen LogP contribution in [0.3, 0.4) is 0 Å². The van der Waals surface area contributed by atoms with Crippen LogP contribution in [0.5, 0.6) is 0 Å². The summed E-state index contributed by atoms with van der Waals surface area (Å²) >= 11 is 17.8. The Morgan fingerprint density at radius 3 is 1.25 bits per heavy atom. The Labute approximate surface area is 411 Å². The first-order valence-electron chi connectivity index (χ1n) is 21.2. The third-order valence-corrected chi connectivity index (χ3v) is 10.3. The van der Waals surface area contributed by atoms with Gasteiger partial charge in [-0.15, -0.1) is 0 Å². The highest BCUT2D eigenvalue weighted by molar-refractivity contribution is 6.34. The molecule has 8 aromatic carbocycles. The van der Waals surface area contributed by atoms with Crippen LogP contribution in [0.1, 0.15) is 63.7 Å². The van der Waals surface area contributed by atoms with Crippen LogP contribution >= 0.6 is 34.8 Å². The molecular formula is C60H44Cl3FO4. The van der Waals surface area contributed by atoms with Gasteiger partial charge in [-0.2, -0.15) is 0 Å². The summed E-state index contributed by atoms with van der Waals surface area (Å²) in [7, 11) is 0. The highest BCUT2D eigenvalue weighted by atomic mass is 35.5. The van der Waals surface area contributed by atoms with E-state index in [2.05, 4.69) is 0 Å². The predicted octanol–water partition coefficient (Wildman–Crippen LogP) is 16.4. The maximum atomic E-state index is 12.9. The van der Waals surface area contributed by atoms with Crippen molar-refractivity contribution < 1.29 is 23.6 Å². The zero-order valence-corrected chi connectivity index (χ0v) is 38.8. The highest BCUT2D eigenvalue weighted by Gasteiger charge is 2.06. The van der Waals surface area contributed by atoms with Crippen LogP contribution in [-0.4, -0.2) is 23.1 Å². The summed E-state index contributed by atoms with van der Waals surface area (Å²) in [4.78, 5) is 47.2. The van der Waals surface area contributed by atoms with Crippen LogP contribution in [0.2, 0.25) is 15.1 Å². The average molecular weight is 954 g/mol. The number of ketones is 4. The van der Waals surface area contributed by atoms with Crippen molar-refractivity contribution >= 4 is 82.2 Å². The van der Waals surface area contributed by atoms with E-state index >= 15 is 0 Å². The first-order chi connectivity index (χ1) is 33.0. The lowest BCUT2D eigenvalue weighted by molar-refractivity contribution is 0.103. The van der Waals surface area contributed by atoms with Crippen molar-refractivity contribution in [2.24, 2.45) is 0 Å². The van der Waals surface area contributed by atoms with Crippen molar-refractivity contribution in [2.75, 3.05) is 0 Å². The first-order valence-corrected chi connectivity index (χ1v) is 22.3. The molecule has 68 heavy (non-hydrogen) atoms. The maximum absolute atomic E-state index is 12.9. The van der Waals surface area contributed by atoms with Crippen molar-refractivity contribution in [1.82, 2.24) is 0 Å². The molecule has 0 fully saturated rings. The van der Waals surface area contributed by atoms with E-state index in [1.165, 1.54) is 36.4 Å². The number of carbonyl (C=O) groups excluding carboxylic acids is 4. The van der Waals surface area contributed by atoms with E-state index in [9.17, 15) is 23.6 Å². The second-order valence-corrected chi connectivity index (χ2v) is 15.7. The monoisotopic (exact) mass is 952 g/mol. The van der Waals surface area contributed by atoms with Gasteiger partial charge in [0, 0.05) is 32.3 Å². The van der Waals surface area contributed by atoms with Gasteiger partial charge in [0.05, 0.1) is 5.02 Å². The van der Waals surface area contributed by atoms with Gasteiger partial charge in [0.15, 0.2) is 23.1 Å². The zero-order chi connectivity index (χ0) is 48.4. The van der Waals surface area contributed by atoms with Gasteiger partial charge >= 0.3 is 0 Å². The van der Waals surface area contributed by atoms with Crippen molar-refractivity contribution in [2.45, 2.75) is 0 Å². The Hall–Kier alpha value is -7.80. The fourth-order valence-electron chi connectivity index (χ4n) is 5.92. The standard InChI is InChI=1S/3C15H11ClO.C15H11FO/c16-14-9-5-4-6-12(14)10-11-15(17)13-7-2-1-3-8-13;16-14-8-4-5-12(11-14)9-10-15(17)13-6-2-1-3-7-13;16-14-9-5-4-8-13(14)15(17)11-10-12-6-2-1-3-7-12;16-14-8-4-7-13(11-14)15(17)10-9-12-5-2-1-3-6-12/h4*1-11H/b11-10+;10-9+;11-10+;10-9+. The van der Waals surface area contributed by atoms with Gasteiger partial charge in [-0.1, -0.05) is 229 Å². The number of hydrogen-bond acceptors (Lipinski definition) is 4. The Morgan fingerprint density at radius 2 is 0.735 bits per heavy atom. The lowest BCUT2D eigenvalue weighted by Gasteiger charge is -1.98. The third kappa shape index (κ3) is 18.2. The van der Waals surface area contributed by atoms with Crippen molar-refractivity contribution in [1.29, 1.82) is 0 Å². The van der Waals surface area contributed by atoms with Gasteiger partial charge in [0.25, 0.3) is 0 Å². The zero-order valence-electron chi connectivity index (χ0n) is 36.5. The molecule has 8 aromatic rings. The summed E-state index contributed by atoms with van der Waals surface area (Å²) < 4.78 is 12.9. The molecule has 0 saturated heterocycles. The minimum Gasteiger partial charge on any atom is -0.289 e. The molecule has 0 saturated carbocycles. The lowest BCUT2D eigenvalue weighted by atomic mass is 10.1. The smallest absolute Gasteiger partial charge is 0.187 e. The molecule has 4 nitrogen and oxygen atoms in total. The fourth-order valence-corrected chi connectivity index (χ4v) is 6.54. The highest BCUT2D eigenvalue weighted by Crippen LogP contribution is 2.18. The summed E-state index contributed by atoms with van der Waals surface area (Å²) in [5.74, 6) is -0.715. The number of hydrogen-bond donors (Lipinski definition) is 0. The van der Waals surface area contributed by atoms with E-state index in [0.29, 0.717) is 37.3 Å². The van der Waals surface area contributed by atoms with Gasteiger partial charge in [-0.3, -0.25) is 19.2 Å². The summed E-state index contributed by atoms with van der Waals surface area (Å²) in [6, 6.07) is 65.0. The van der Waals surface area contributed by atoms with Gasteiger partial charge in [-0.25, -0.2) is 4.39 Å². The molecule has 0 bridgehead atoms. The maximum Gasteiger partial charge on any atom is 0.187 e. The second-order valence-electron chi connectivity index (χ2n) is 14.4. The van der Waals surface area contributed by atoms with Crippen molar-refractivity contribution in [3.05, 3.63) is 308 Å². The number of rotatable bonds is 12. The summed E-state index contributed by atoms with van der Waals surface area (Å²) in [6.45, 7) is 0.